The number of hydrogen-bond donors (Lipinski definition) is 4. The number of carbonyl (C=O) groups is 1. The number of H-pyrrole nitrogens is 1. The van der Waals surface area contributed by atoms with E-state index >= 15 is 0 Å². The third kappa shape index (κ3) is 2.64. The van der Waals surface area contributed by atoms with E-state index < -0.39 is 0 Å². The van der Waals surface area contributed by atoms with Crippen LogP contribution in [0.1, 0.15) is 28.9 Å². The molecule has 2 aromatic rings. The van der Waals surface area contributed by atoms with Crippen molar-refractivity contribution in [2.24, 2.45) is 5.84 Å². The molecule has 2 aromatic heterocycles. The topological polar surface area (TPSA) is 109 Å². The van der Waals surface area contributed by atoms with Crippen LogP contribution in [0.15, 0.2) is 30.7 Å². The number of rotatable bonds is 4. The van der Waals surface area contributed by atoms with Crippen molar-refractivity contribution in [1.82, 2.24) is 20.5 Å². The number of amides is 1. The highest BCUT2D eigenvalue weighted by atomic mass is 16.1. The van der Waals surface area contributed by atoms with Gasteiger partial charge in [0.1, 0.15) is 5.82 Å². The Balaban J connectivity index is 2.07. The quantitative estimate of drug-likeness (QED) is 0.466. The van der Waals surface area contributed by atoms with Gasteiger partial charge in [-0.25, -0.2) is 10.8 Å². The maximum atomic E-state index is 12.0. The second-order valence-electron chi connectivity index (χ2n) is 3.80. The summed E-state index contributed by atoms with van der Waals surface area (Å²) in [5.74, 6) is 5.49. The number of anilines is 1. The van der Waals surface area contributed by atoms with Gasteiger partial charge in [0, 0.05) is 23.5 Å². The van der Waals surface area contributed by atoms with E-state index in [0.29, 0.717) is 11.4 Å². The van der Waals surface area contributed by atoms with Crippen LogP contribution in [0.2, 0.25) is 0 Å². The molecule has 94 valence electrons. The summed E-state index contributed by atoms with van der Waals surface area (Å²) in [6.45, 7) is 1.88. The van der Waals surface area contributed by atoms with Crippen LogP contribution in [0.25, 0.3) is 0 Å². The molecule has 2 rings (SSSR count). The molecule has 0 aliphatic heterocycles. The normalized spacial score (nSPS) is 11.9. The third-order valence-electron chi connectivity index (χ3n) is 2.54. The zero-order chi connectivity index (χ0) is 13.0. The Bertz CT molecular complexity index is 524. The Labute approximate surface area is 104 Å². The van der Waals surface area contributed by atoms with Gasteiger partial charge in [-0.05, 0) is 19.1 Å². The first-order valence-electron chi connectivity index (χ1n) is 5.43. The maximum Gasteiger partial charge on any atom is 0.251 e. The van der Waals surface area contributed by atoms with Gasteiger partial charge in [-0.2, -0.15) is 5.10 Å². The fourth-order valence-corrected chi connectivity index (χ4v) is 1.51. The van der Waals surface area contributed by atoms with Crippen LogP contribution >= 0.6 is 0 Å². The molecule has 1 amide bonds. The number of pyridine rings is 1. The summed E-state index contributed by atoms with van der Waals surface area (Å²) < 4.78 is 0. The molecule has 7 nitrogen and oxygen atoms in total. The van der Waals surface area contributed by atoms with Gasteiger partial charge in [-0.3, -0.25) is 9.89 Å². The Kier molecular flexibility index (Phi) is 3.54. The molecular weight excluding hydrogens is 232 g/mol. The van der Waals surface area contributed by atoms with E-state index in [2.05, 4.69) is 25.9 Å². The van der Waals surface area contributed by atoms with Crippen molar-refractivity contribution >= 4 is 11.7 Å². The lowest BCUT2D eigenvalue weighted by Gasteiger charge is -2.12. The van der Waals surface area contributed by atoms with Crippen molar-refractivity contribution in [2.75, 3.05) is 5.43 Å². The molecule has 0 saturated heterocycles. The molecule has 1 unspecified atom stereocenters. The van der Waals surface area contributed by atoms with Crippen LogP contribution in [0, 0.1) is 0 Å². The molecule has 0 aliphatic carbocycles. The number of nitrogen functional groups attached to an aromatic ring is 1. The minimum Gasteiger partial charge on any atom is -0.345 e. The largest absolute Gasteiger partial charge is 0.345 e. The molecule has 1 atom stereocenters. The van der Waals surface area contributed by atoms with Crippen molar-refractivity contribution in [3.63, 3.8) is 0 Å². The second-order valence-corrected chi connectivity index (χ2v) is 3.80. The van der Waals surface area contributed by atoms with Crippen molar-refractivity contribution in [3.05, 3.63) is 41.9 Å². The standard InChI is InChI=1S/C11H14N6O/c1-7(9-5-14-15-6-9)16-11(18)8-2-3-13-10(4-8)17-12/h2-7H,12H2,1H3,(H,13,17)(H,14,15)(H,16,18). The monoisotopic (exact) mass is 246 g/mol. The van der Waals surface area contributed by atoms with Gasteiger partial charge in [0.2, 0.25) is 0 Å². The minimum atomic E-state index is -0.192. The zero-order valence-electron chi connectivity index (χ0n) is 9.84. The highest BCUT2D eigenvalue weighted by Crippen LogP contribution is 2.11. The Morgan fingerprint density at radius 1 is 1.56 bits per heavy atom. The predicted octanol–water partition coefficient (Wildman–Crippen LogP) is 0.581. The number of carbonyl (C=O) groups excluding carboxylic acids is 1. The Hall–Kier alpha value is -2.41. The fraction of sp³-hybridized carbons (Fsp3) is 0.182. The van der Waals surface area contributed by atoms with Gasteiger partial charge in [0.05, 0.1) is 12.2 Å². The highest BCUT2D eigenvalue weighted by molar-refractivity contribution is 5.95. The first-order chi connectivity index (χ1) is 8.70. The number of hydrazine groups is 1. The molecule has 0 aromatic carbocycles. The lowest BCUT2D eigenvalue weighted by molar-refractivity contribution is 0.0940. The van der Waals surface area contributed by atoms with Crippen LogP contribution in [0.5, 0.6) is 0 Å². The van der Waals surface area contributed by atoms with Gasteiger partial charge >= 0.3 is 0 Å². The summed E-state index contributed by atoms with van der Waals surface area (Å²) >= 11 is 0. The summed E-state index contributed by atoms with van der Waals surface area (Å²) in [4.78, 5) is 15.9. The van der Waals surface area contributed by atoms with Crippen molar-refractivity contribution in [3.8, 4) is 0 Å². The summed E-state index contributed by atoms with van der Waals surface area (Å²) in [5, 5.41) is 9.40. The van der Waals surface area contributed by atoms with E-state index in [1.54, 1.807) is 24.5 Å². The molecule has 0 spiro atoms. The average Bonchev–Trinajstić information content (AvgIpc) is 2.92. The van der Waals surface area contributed by atoms with Gasteiger partial charge in [0.25, 0.3) is 5.91 Å². The van der Waals surface area contributed by atoms with Crippen molar-refractivity contribution in [1.29, 1.82) is 0 Å². The van der Waals surface area contributed by atoms with E-state index in [9.17, 15) is 4.79 Å². The smallest absolute Gasteiger partial charge is 0.251 e. The van der Waals surface area contributed by atoms with E-state index in [0.717, 1.165) is 5.56 Å². The van der Waals surface area contributed by atoms with Crippen LogP contribution < -0.4 is 16.6 Å². The summed E-state index contributed by atoms with van der Waals surface area (Å²) in [7, 11) is 0. The minimum absolute atomic E-state index is 0.126. The highest BCUT2D eigenvalue weighted by Gasteiger charge is 2.12. The molecule has 2 heterocycles. The van der Waals surface area contributed by atoms with Gasteiger partial charge in [0.15, 0.2) is 0 Å². The van der Waals surface area contributed by atoms with Gasteiger partial charge in [-0.15, -0.1) is 0 Å². The fourth-order valence-electron chi connectivity index (χ4n) is 1.51. The first kappa shape index (κ1) is 12.1. The molecule has 0 aliphatic rings. The predicted molar refractivity (Wildman–Crippen MR) is 66.5 cm³/mol. The molecule has 0 saturated carbocycles. The first-order valence-corrected chi connectivity index (χ1v) is 5.43. The Morgan fingerprint density at radius 3 is 3.06 bits per heavy atom. The van der Waals surface area contributed by atoms with E-state index in [-0.39, 0.29) is 11.9 Å². The van der Waals surface area contributed by atoms with E-state index in [1.165, 1.54) is 6.20 Å². The van der Waals surface area contributed by atoms with Gasteiger partial charge < -0.3 is 10.7 Å². The molecule has 5 N–H and O–H groups in total. The third-order valence-corrected chi connectivity index (χ3v) is 2.54. The van der Waals surface area contributed by atoms with Gasteiger partial charge in [-0.1, -0.05) is 0 Å². The van der Waals surface area contributed by atoms with Crippen molar-refractivity contribution < 1.29 is 4.79 Å². The summed E-state index contributed by atoms with van der Waals surface area (Å²) in [6, 6.07) is 3.08. The molecule has 0 fully saturated rings. The van der Waals surface area contributed by atoms with E-state index in [1.807, 2.05) is 6.92 Å². The molecule has 0 radical (unpaired) electrons. The SMILES string of the molecule is CC(NC(=O)c1ccnc(NN)c1)c1cn[nH]c1. The molecule has 18 heavy (non-hydrogen) atoms. The van der Waals surface area contributed by atoms with Crippen LogP contribution in [-0.2, 0) is 0 Å². The number of nitrogens with two attached hydrogens (primary N) is 1. The molecule has 7 heteroatoms. The Morgan fingerprint density at radius 2 is 2.39 bits per heavy atom. The number of nitrogens with zero attached hydrogens (tertiary/aromatic N) is 2. The summed E-state index contributed by atoms with van der Waals surface area (Å²) in [5.41, 5.74) is 3.80. The number of aromatic amines is 1. The maximum absolute atomic E-state index is 12.0. The van der Waals surface area contributed by atoms with Crippen LogP contribution in [-0.4, -0.2) is 21.1 Å². The number of hydrogen-bond acceptors (Lipinski definition) is 5. The molecular formula is C11H14N6O. The average molecular weight is 246 g/mol. The molecule has 0 bridgehead atoms. The second kappa shape index (κ2) is 5.28. The van der Waals surface area contributed by atoms with E-state index in [4.69, 9.17) is 5.84 Å². The zero-order valence-corrected chi connectivity index (χ0v) is 9.84. The van der Waals surface area contributed by atoms with Crippen LogP contribution in [0.4, 0.5) is 5.82 Å². The lowest BCUT2D eigenvalue weighted by Crippen LogP contribution is -2.26. The summed E-state index contributed by atoms with van der Waals surface area (Å²) in [6.07, 6.45) is 4.93. The van der Waals surface area contributed by atoms with Crippen LogP contribution in [0.3, 0.4) is 0 Å². The number of aromatic nitrogens is 3. The lowest BCUT2D eigenvalue weighted by atomic mass is 10.1. The van der Waals surface area contributed by atoms with Crippen molar-refractivity contribution in [2.45, 2.75) is 13.0 Å². The number of nitrogens with one attached hydrogen (secondary N) is 3.